The number of aliphatic hydroxyl groups excluding tert-OH is 1. The SMILES string of the molecule is CC1CN(S(=O)(=O)c2ccc(F)c(Cl)c2)CC(CO)O1. The highest BCUT2D eigenvalue weighted by atomic mass is 35.5. The summed E-state index contributed by atoms with van der Waals surface area (Å²) in [4.78, 5) is -0.0744. The van der Waals surface area contributed by atoms with Gasteiger partial charge < -0.3 is 9.84 Å². The third kappa shape index (κ3) is 3.12. The summed E-state index contributed by atoms with van der Waals surface area (Å²) in [6, 6.07) is 3.27. The molecule has 0 saturated carbocycles. The first kappa shape index (κ1) is 15.7. The molecule has 1 aliphatic rings. The maximum absolute atomic E-state index is 13.1. The van der Waals surface area contributed by atoms with E-state index < -0.39 is 21.9 Å². The molecule has 1 N–H and O–H groups in total. The van der Waals surface area contributed by atoms with Gasteiger partial charge in [-0.1, -0.05) is 11.6 Å². The molecule has 1 saturated heterocycles. The second-order valence-electron chi connectivity index (χ2n) is 4.65. The van der Waals surface area contributed by atoms with Crippen LogP contribution in [0.2, 0.25) is 5.02 Å². The number of halogens is 2. The van der Waals surface area contributed by atoms with Crippen LogP contribution in [-0.2, 0) is 14.8 Å². The minimum absolute atomic E-state index is 0.0537. The molecule has 1 aromatic rings. The number of sulfonamides is 1. The van der Waals surface area contributed by atoms with E-state index in [9.17, 15) is 12.8 Å². The number of nitrogens with zero attached hydrogens (tertiary/aromatic N) is 1. The molecule has 0 aromatic heterocycles. The molecular formula is C12H15ClFNO4S. The molecule has 0 spiro atoms. The van der Waals surface area contributed by atoms with Crippen LogP contribution >= 0.6 is 11.6 Å². The van der Waals surface area contributed by atoms with Crippen LogP contribution in [0.15, 0.2) is 23.1 Å². The van der Waals surface area contributed by atoms with Gasteiger partial charge in [-0.05, 0) is 25.1 Å². The molecule has 1 heterocycles. The van der Waals surface area contributed by atoms with E-state index in [1.807, 2.05) is 0 Å². The Kier molecular flexibility index (Phi) is 4.66. The van der Waals surface area contributed by atoms with Crippen LogP contribution in [0.5, 0.6) is 0 Å². The van der Waals surface area contributed by atoms with Crippen molar-refractivity contribution in [3.05, 3.63) is 29.0 Å². The highest BCUT2D eigenvalue weighted by molar-refractivity contribution is 7.89. The molecule has 0 amide bonds. The van der Waals surface area contributed by atoms with Crippen molar-refractivity contribution in [2.24, 2.45) is 0 Å². The topological polar surface area (TPSA) is 66.8 Å². The molecule has 5 nitrogen and oxygen atoms in total. The number of ether oxygens (including phenoxy) is 1. The zero-order chi connectivity index (χ0) is 14.9. The minimum Gasteiger partial charge on any atom is -0.394 e. The Morgan fingerprint density at radius 1 is 1.50 bits per heavy atom. The lowest BCUT2D eigenvalue weighted by molar-refractivity contribution is -0.0750. The van der Waals surface area contributed by atoms with Gasteiger partial charge in [0, 0.05) is 13.1 Å². The summed E-state index contributed by atoms with van der Waals surface area (Å²) in [6.07, 6.45) is -0.893. The van der Waals surface area contributed by atoms with Crippen molar-refractivity contribution in [2.75, 3.05) is 19.7 Å². The Hall–Kier alpha value is -0.730. The van der Waals surface area contributed by atoms with E-state index in [1.165, 1.54) is 10.4 Å². The van der Waals surface area contributed by atoms with Gasteiger partial charge in [-0.3, -0.25) is 0 Å². The average molecular weight is 324 g/mol. The fourth-order valence-corrected chi connectivity index (χ4v) is 3.91. The molecule has 1 aromatic carbocycles. The number of benzene rings is 1. The molecule has 20 heavy (non-hydrogen) atoms. The molecule has 8 heteroatoms. The van der Waals surface area contributed by atoms with Crippen LogP contribution in [0.3, 0.4) is 0 Å². The van der Waals surface area contributed by atoms with Crippen molar-refractivity contribution < 1.29 is 22.7 Å². The summed E-state index contributed by atoms with van der Waals surface area (Å²) in [7, 11) is -3.79. The Morgan fingerprint density at radius 2 is 2.20 bits per heavy atom. The van der Waals surface area contributed by atoms with Gasteiger partial charge in [0.2, 0.25) is 10.0 Å². The lowest BCUT2D eigenvalue weighted by atomic mass is 10.2. The summed E-state index contributed by atoms with van der Waals surface area (Å²) in [6.45, 7) is 1.69. The van der Waals surface area contributed by atoms with E-state index in [0.29, 0.717) is 0 Å². The first-order valence-electron chi connectivity index (χ1n) is 6.06. The summed E-state index contributed by atoms with van der Waals surface area (Å²) in [5.74, 6) is -0.672. The third-order valence-corrected chi connectivity index (χ3v) is 5.14. The van der Waals surface area contributed by atoms with Crippen LogP contribution in [0.25, 0.3) is 0 Å². The molecule has 2 atom stereocenters. The predicted molar refractivity (Wildman–Crippen MR) is 71.6 cm³/mol. The van der Waals surface area contributed by atoms with E-state index in [2.05, 4.69) is 0 Å². The Labute approximate surface area is 122 Å². The van der Waals surface area contributed by atoms with E-state index in [0.717, 1.165) is 12.1 Å². The Balaban J connectivity index is 2.31. The van der Waals surface area contributed by atoms with Gasteiger partial charge in [-0.15, -0.1) is 0 Å². The first-order valence-corrected chi connectivity index (χ1v) is 7.88. The molecule has 2 unspecified atom stereocenters. The first-order chi connectivity index (χ1) is 9.34. The maximum Gasteiger partial charge on any atom is 0.243 e. The van der Waals surface area contributed by atoms with Crippen molar-refractivity contribution in [3.8, 4) is 0 Å². The fraction of sp³-hybridized carbons (Fsp3) is 0.500. The number of hydrogen-bond donors (Lipinski definition) is 1. The van der Waals surface area contributed by atoms with E-state index in [1.54, 1.807) is 6.92 Å². The number of morpholine rings is 1. The number of hydrogen-bond acceptors (Lipinski definition) is 4. The molecule has 0 aliphatic carbocycles. The highest BCUT2D eigenvalue weighted by Gasteiger charge is 2.33. The molecule has 1 aliphatic heterocycles. The zero-order valence-corrected chi connectivity index (χ0v) is 12.4. The quantitative estimate of drug-likeness (QED) is 0.909. The maximum atomic E-state index is 13.1. The summed E-state index contributed by atoms with van der Waals surface area (Å²) in [5.41, 5.74) is 0. The van der Waals surface area contributed by atoms with Gasteiger partial charge >= 0.3 is 0 Å². The van der Waals surface area contributed by atoms with E-state index in [4.69, 9.17) is 21.4 Å². The minimum atomic E-state index is -3.79. The van der Waals surface area contributed by atoms with Crippen LogP contribution in [0.4, 0.5) is 4.39 Å². The lowest BCUT2D eigenvalue weighted by Gasteiger charge is -2.35. The molecule has 1 fully saturated rings. The monoisotopic (exact) mass is 323 g/mol. The van der Waals surface area contributed by atoms with Crippen molar-refractivity contribution in [3.63, 3.8) is 0 Å². The van der Waals surface area contributed by atoms with Gasteiger partial charge in [0.25, 0.3) is 0 Å². The predicted octanol–water partition coefficient (Wildman–Crippen LogP) is 1.25. The van der Waals surface area contributed by atoms with Gasteiger partial charge in [-0.2, -0.15) is 4.31 Å². The van der Waals surface area contributed by atoms with Crippen molar-refractivity contribution in [2.45, 2.75) is 24.0 Å². The van der Waals surface area contributed by atoms with Gasteiger partial charge in [0.1, 0.15) is 5.82 Å². The molecule has 112 valence electrons. The van der Waals surface area contributed by atoms with Crippen LogP contribution in [0.1, 0.15) is 6.92 Å². The normalized spacial score (nSPS) is 24.8. The standard InChI is InChI=1S/C12H15ClFNO4S/c1-8-5-15(6-9(7-16)19-8)20(17,18)10-2-3-12(14)11(13)4-10/h2-4,8-9,16H,5-7H2,1H3. The molecule has 2 rings (SSSR count). The molecule has 0 radical (unpaired) electrons. The van der Waals surface area contributed by atoms with Gasteiger partial charge in [0.15, 0.2) is 0 Å². The smallest absolute Gasteiger partial charge is 0.243 e. The van der Waals surface area contributed by atoms with Crippen molar-refractivity contribution >= 4 is 21.6 Å². The second-order valence-corrected chi connectivity index (χ2v) is 6.99. The van der Waals surface area contributed by atoms with Crippen LogP contribution < -0.4 is 0 Å². The van der Waals surface area contributed by atoms with Crippen LogP contribution in [-0.4, -0.2) is 49.7 Å². The highest BCUT2D eigenvalue weighted by Crippen LogP contribution is 2.24. The van der Waals surface area contributed by atoms with E-state index >= 15 is 0 Å². The van der Waals surface area contributed by atoms with Crippen LogP contribution in [0, 0.1) is 5.82 Å². The molecule has 0 bridgehead atoms. The fourth-order valence-electron chi connectivity index (χ4n) is 2.09. The van der Waals surface area contributed by atoms with Gasteiger partial charge in [0.05, 0.1) is 28.7 Å². The third-order valence-electron chi connectivity index (χ3n) is 3.03. The number of aliphatic hydroxyl groups is 1. The summed E-state index contributed by atoms with van der Waals surface area (Å²) >= 11 is 5.62. The second kappa shape index (κ2) is 5.95. The van der Waals surface area contributed by atoms with Crippen molar-refractivity contribution in [1.82, 2.24) is 4.31 Å². The van der Waals surface area contributed by atoms with E-state index in [-0.39, 0.29) is 35.7 Å². The van der Waals surface area contributed by atoms with Gasteiger partial charge in [-0.25, -0.2) is 12.8 Å². The zero-order valence-electron chi connectivity index (χ0n) is 10.8. The summed E-state index contributed by atoms with van der Waals surface area (Å²) in [5, 5.41) is 8.88. The average Bonchev–Trinajstić information content (AvgIpc) is 2.41. The lowest BCUT2D eigenvalue weighted by Crippen LogP contribution is -2.50. The Bertz CT molecular complexity index is 595. The Morgan fingerprint density at radius 3 is 2.80 bits per heavy atom. The molecular weight excluding hydrogens is 309 g/mol. The summed E-state index contributed by atoms with van der Waals surface area (Å²) < 4.78 is 44.7. The van der Waals surface area contributed by atoms with Crippen molar-refractivity contribution in [1.29, 1.82) is 0 Å². The largest absolute Gasteiger partial charge is 0.394 e. The number of rotatable bonds is 3.